The molecule has 0 bridgehead atoms. The monoisotopic (exact) mass is 392 g/mol. The van der Waals surface area contributed by atoms with Crippen LogP contribution >= 0.6 is 0 Å². The van der Waals surface area contributed by atoms with E-state index in [-0.39, 0.29) is 17.9 Å². The lowest BCUT2D eigenvalue weighted by molar-refractivity contribution is -0.125. The molecule has 0 aromatic heterocycles. The highest BCUT2D eigenvalue weighted by Gasteiger charge is 2.47. The quantitative estimate of drug-likeness (QED) is 0.721. The molecule has 0 radical (unpaired) electrons. The highest BCUT2D eigenvalue weighted by Crippen LogP contribution is 2.41. The van der Waals surface area contributed by atoms with Crippen LogP contribution < -0.4 is 5.32 Å². The van der Waals surface area contributed by atoms with Gasteiger partial charge in [-0.3, -0.25) is 9.59 Å². The molecule has 1 aliphatic carbocycles. The summed E-state index contributed by atoms with van der Waals surface area (Å²) in [5.74, 6) is 2.95. The van der Waals surface area contributed by atoms with E-state index in [1.54, 1.807) is 0 Å². The van der Waals surface area contributed by atoms with Crippen molar-refractivity contribution >= 4 is 11.8 Å². The summed E-state index contributed by atoms with van der Waals surface area (Å²) >= 11 is 0. The van der Waals surface area contributed by atoms with Gasteiger partial charge in [0.1, 0.15) is 6.04 Å². The number of fused-ring (bicyclic) bond motifs is 1. The average molecular weight is 393 g/mol. The Balaban J connectivity index is 1.42. The maximum absolute atomic E-state index is 13.3. The maximum atomic E-state index is 13.3. The molecule has 6 nitrogen and oxygen atoms in total. The predicted octanol–water partition coefficient (Wildman–Crippen LogP) is 3.54. The van der Waals surface area contributed by atoms with E-state index in [2.05, 4.69) is 21.5 Å². The van der Waals surface area contributed by atoms with Crippen molar-refractivity contribution in [1.29, 1.82) is 0 Å². The SMILES string of the molecule is C#CCCC1(CCNC(=O)[C@@H]2C[C@@H]3CCCC[C@@H]3N2C(=O)c2ccccc2)N=N1. The van der Waals surface area contributed by atoms with Crippen LogP contribution in [0.25, 0.3) is 0 Å². The summed E-state index contributed by atoms with van der Waals surface area (Å²) in [6.07, 6.45) is 12.5. The Bertz CT molecular complexity index is 823. The number of likely N-dealkylation sites (tertiary alicyclic amines) is 1. The lowest BCUT2D eigenvalue weighted by Crippen LogP contribution is -2.50. The zero-order valence-corrected chi connectivity index (χ0v) is 16.7. The summed E-state index contributed by atoms with van der Waals surface area (Å²) in [5.41, 5.74) is 0.253. The molecule has 2 heterocycles. The van der Waals surface area contributed by atoms with Crippen LogP contribution in [-0.4, -0.2) is 41.0 Å². The van der Waals surface area contributed by atoms with E-state index >= 15 is 0 Å². The fourth-order valence-corrected chi connectivity index (χ4v) is 4.89. The molecule has 1 saturated heterocycles. The van der Waals surface area contributed by atoms with Gasteiger partial charge in [0.05, 0.1) is 0 Å². The fourth-order valence-electron chi connectivity index (χ4n) is 4.89. The normalized spacial score (nSPS) is 26.4. The highest BCUT2D eigenvalue weighted by molar-refractivity contribution is 5.98. The topological polar surface area (TPSA) is 74.1 Å². The Morgan fingerprint density at radius 1 is 1.17 bits per heavy atom. The average Bonchev–Trinajstić information content (AvgIpc) is 3.42. The smallest absolute Gasteiger partial charge is 0.254 e. The minimum absolute atomic E-state index is 0.0298. The Morgan fingerprint density at radius 2 is 1.93 bits per heavy atom. The van der Waals surface area contributed by atoms with Gasteiger partial charge in [0, 0.05) is 37.4 Å². The number of nitrogens with zero attached hydrogens (tertiary/aromatic N) is 3. The molecular formula is C23H28N4O2. The summed E-state index contributed by atoms with van der Waals surface area (Å²) in [5, 5.41) is 11.3. The lowest BCUT2D eigenvalue weighted by Gasteiger charge is -2.33. The summed E-state index contributed by atoms with van der Waals surface area (Å²) in [7, 11) is 0. The van der Waals surface area contributed by atoms with E-state index in [9.17, 15) is 9.59 Å². The van der Waals surface area contributed by atoms with Gasteiger partial charge >= 0.3 is 0 Å². The van der Waals surface area contributed by atoms with Gasteiger partial charge in [-0.05, 0) is 37.3 Å². The number of nitrogens with one attached hydrogen (secondary N) is 1. The van der Waals surface area contributed by atoms with E-state index in [0.717, 1.165) is 32.1 Å². The zero-order chi connectivity index (χ0) is 20.3. The van der Waals surface area contributed by atoms with Crippen LogP contribution in [0, 0.1) is 18.3 Å². The molecule has 1 aromatic rings. The summed E-state index contributed by atoms with van der Waals surface area (Å²) in [6.45, 7) is 0.496. The zero-order valence-electron chi connectivity index (χ0n) is 16.7. The minimum Gasteiger partial charge on any atom is -0.354 e. The molecule has 6 heteroatoms. The summed E-state index contributed by atoms with van der Waals surface area (Å²) in [4.78, 5) is 28.2. The van der Waals surface area contributed by atoms with Crippen LogP contribution in [0.2, 0.25) is 0 Å². The van der Waals surface area contributed by atoms with Crippen molar-refractivity contribution in [1.82, 2.24) is 10.2 Å². The Morgan fingerprint density at radius 3 is 2.66 bits per heavy atom. The first-order valence-electron chi connectivity index (χ1n) is 10.7. The van der Waals surface area contributed by atoms with Crippen LogP contribution in [0.15, 0.2) is 40.6 Å². The van der Waals surface area contributed by atoms with E-state index < -0.39 is 11.7 Å². The first kappa shape index (κ1) is 19.6. The van der Waals surface area contributed by atoms with Crippen LogP contribution in [0.1, 0.15) is 61.7 Å². The van der Waals surface area contributed by atoms with Gasteiger partial charge in [-0.2, -0.15) is 10.2 Å². The van der Waals surface area contributed by atoms with E-state index in [4.69, 9.17) is 6.42 Å². The van der Waals surface area contributed by atoms with Crippen molar-refractivity contribution in [2.24, 2.45) is 16.1 Å². The van der Waals surface area contributed by atoms with Crippen LogP contribution in [0.4, 0.5) is 0 Å². The first-order valence-corrected chi connectivity index (χ1v) is 10.7. The van der Waals surface area contributed by atoms with Gasteiger partial charge in [-0.15, -0.1) is 12.3 Å². The molecule has 0 spiro atoms. The second-order valence-electron chi connectivity index (χ2n) is 8.37. The third-order valence-electron chi connectivity index (χ3n) is 6.52. The van der Waals surface area contributed by atoms with E-state index in [1.165, 1.54) is 6.42 Å². The van der Waals surface area contributed by atoms with Gasteiger partial charge in [0.25, 0.3) is 5.91 Å². The third-order valence-corrected chi connectivity index (χ3v) is 6.52. The van der Waals surface area contributed by atoms with Gasteiger partial charge in [0.2, 0.25) is 5.91 Å². The van der Waals surface area contributed by atoms with Crippen LogP contribution in [-0.2, 0) is 4.79 Å². The van der Waals surface area contributed by atoms with Gasteiger partial charge in [-0.1, -0.05) is 31.0 Å². The number of benzene rings is 1. The number of rotatable bonds is 7. The maximum Gasteiger partial charge on any atom is 0.254 e. The number of carbonyl (C=O) groups excluding carboxylic acids is 2. The minimum atomic E-state index is -0.400. The third kappa shape index (κ3) is 4.19. The number of carbonyl (C=O) groups is 2. The summed E-state index contributed by atoms with van der Waals surface area (Å²) < 4.78 is 0. The Kier molecular flexibility index (Phi) is 5.66. The molecule has 29 heavy (non-hydrogen) atoms. The fraction of sp³-hybridized carbons (Fsp3) is 0.565. The van der Waals surface area contributed by atoms with Crippen molar-refractivity contribution in [3.63, 3.8) is 0 Å². The molecule has 1 saturated carbocycles. The van der Waals surface area contributed by atoms with Crippen molar-refractivity contribution in [3.05, 3.63) is 35.9 Å². The Labute approximate surface area is 172 Å². The van der Waals surface area contributed by atoms with Crippen molar-refractivity contribution < 1.29 is 9.59 Å². The van der Waals surface area contributed by atoms with E-state index in [1.807, 2.05) is 35.2 Å². The molecule has 2 aliphatic heterocycles. The highest BCUT2D eigenvalue weighted by atomic mass is 16.2. The Hall–Kier alpha value is -2.68. The molecule has 4 rings (SSSR count). The molecule has 0 unspecified atom stereocenters. The molecule has 3 atom stereocenters. The first-order chi connectivity index (χ1) is 14.1. The molecule has 1 aromatic carbocycles. The predicted molar refractivity (Wildman–Crippen MR) is 110 cm³/mol. The second-order valence-corrected chi connectivity index (χ2v) is 8.37. The number of hydrogen-bond acceptors (Lipinski definition) is 4. The van der Waals surface area contributed by atoms with E-state index in [0.29, 0.717) is 30.9 Å². The summed E-state index contributed by atoms with van der Waals surface area (Å²) in [6, 6.07) is 9.08. The standard InChI is InChI=1S/C23H28N4O2/c1-2-3-13-23(25-26-23)14-15-24-21(28)20-16-18-11-7-8-12-19(18)27(20)22(29)17-9-5-4-6-10-17/h1,4-6,9-10,18-20H,3,7-8,11-16H2,(H,24,28)/t18-,19-,20-/m0/s1. The molecule has 3 aliphatic rings. The van der Waals surface area contributed by atoms with Gasteiger partial charge < -0.3 is 10.2 Å². The number of amides is 2. The second kappa shape index (κ2) is 8.36. The van der Waals surface area contributed by atoms with Crippen LogP contribution in [0.5, 0.6) is 0 Å². The van der Waals surface area contributed by atoms with Crippen molar-refractivity contribution in [3.8, 4) is 12.3 Å². The van der Waals surface area contributed by atoms with Gasteiger partial charge in [-0.25, -0.2) is 0 Å². The molecular weight excluding hydrogens is 364 g/mol. The largest absolute Gasteiger partial charge is 0.354 e. The van der Waals surface area contributed by atoms with Gasteiger partial charge in [0.15, 0.2) is 5.66 Å². The van der Waals surface area contributed by atoms with Crippen molar-refractivity contribution in [2.45, 2.75) is 69.1 Å². The lowest BCUT2D eigenvalue weighted by atomic mass is 9.84. The number of hydrogen-bond donors (Lipinski definition) is 1. The number of terminal acetylenes is 1. The molecule has 2 fully saturated rings. The molecule has 1 N–H and O–H groups in total. The molecule has 152 valence electrons. The van der Waals surface area contributed by atoms with Crippen molar-refractivity contribution in [2.75, 3.05) is 6.54 Å². The van der Waals surface area contributed by atoms with Crippen LogP contribution in [0.3, 0.4) is 0 Å². The molecule has 2 amide bonds.